The first-order valence-electron chi connectivity index (χ1n) is 7.73. The van der Waals surface area contributed by atoms with Crippen LogP contribution in [0.25, 0.3) is 0 Å². The van der Waals surface area contributed by atoms with Crippen molar-refractivity contribution in [3.05, 3.63) is 36.4 Å². The molecule has 0 unspecified atom stereocenters. The second-order valence-electron chi connectivity index (χ2n) is 4.46. The molecule has 0 radical (unpaired) electrons. The Labute approximate surface area is 152 Å². The van der Waals surface area contributed by atoms with Gasteiger partial charge in [0.1, 0.15) is 0 Å². The molecule has 2 aromatic rings. The van der Waals surface area contributed by atoms with Gasteiger partial charge in [0, 0.05) is 18.7 Å². The molecule has 1 aromatic heterocycles. The van der Waals surface area contributed by atoms with Crippen LogP contribution in [0, 0.1) is 0 Å². The van der Waals surface area contributed by atoms with Gasteiger partial charge in [-0.05, 0) is 12.1 Å². The number of nitrogens with one attached hydrogen (secondary N) is 1. The van der Waals surface area contributed by atoms with Crippen molar-refractivity contribution < 1.29 is 19.1 Å². The van der Waals surface area contributed by atoms with Crippen LogP contribution in [-0.2, 0) is 9.53 Å². The SMILES string of the molecule is CC.COC(=O)Oc1cc(N)c(NC(C)=O)nc1N.Nc1ccccc1. The second-order valence-corrected chi connectivity index (χ2v) is 4.46. The van der Waals surface area contributed by atoms with Gasteiger partial charge in [-0.25, -0.2) is 9.78 Å². The molecule has 0 aliphatic heterocycles. The van der Waals surface area contributed by atoms with E-state index in [4.69, 9.17) is 21.9 Å². The average molecular weight is 363 g/mol. The Balaban J connectivity index is 0.000000575. The fourth-order valence-electron chi connectivity index (χ4n) is 1.46. The van der Waals surface area contributed by atoms with Crippen molar-refractivity contribution >= 4 is 35.1 Å². The first kappa shape index (κ1) is 22.5. The van der Waals surface area contributed by atoms with E-state index in [2.05, 4.69) is 15.0 Å². The number of amides is 1. The van der Waals surface area contributed by atoms with Crippen LogP contribution in [0.15, 0.2) is 36.4 Å². The number of para-hydroxylation sites is 1. The number of carbonyl (C=O) groups is 2. The number of nitrogen functional groups attached to an aromatic ring is 3. The molecule has 0 spiro atoms. The number of hydrogen-bond acceptors (Lipinski definition) is 8. The van der Waals surface area contributed by atoms with Gasteiger partial charge in [-0.15, -0.1) is 0 Å². The number of methoxy groups -OCH3 is 1. The molecule has 142 valence electrons. The van der Waals surface area contributed by atoms with Crippen molar-refractivity contribution in [3.63, 3.8) is 0 Å². The Kier molecular flexibility index (Phi) is 10.4. The Morgan fingerprint density at radius 2 is 1.65 bits per heavy atom. The summed E-state index contributed by atoms with van der Waals surface area (Å²) in [7, 11) is 1.15. The van der Waals surface area contributed by atoms with Gasteiger partial charge in [0.05, 0.1) is 12.8 Å². The lowest BCUT2D eigenvalue weighted by atomic mass is 10.3. The molecule has 0 saturated carbocycles. The molecule has 26 heavy (non-hydrogen) atoms. The molecule has 0 aliphatic carbocycles. The van der Waals surface area contributed by atoms with Crippen molar-refractivity contribution in [1.29, 1.82) is 0 Å². The van der Waals surface area contributed by atoms with Crippen LogP contribution in [0.3, 0.4) is 0 Å². The Bertz CT molecular complexity index is 708. The Morgan fingerprint density at radius 3 is 2.08 bits per heavy atom. The Morgan fingerprint density at radius 1 is 1.08 bits per heavy atom. The minimum Gasteiger partial charge on any atom is -0.437 e. The number of ether oxygens (including phenoxy) is 2. The lowest BCUT2D eigenvalue weighted by Gasteiger charge is -2.10. The lowest BCUT2D eigenvalue weighted by Crippen LogP contribution is -2.13. The summed E-state index contributed by atoms with van der Waals surface area (Å²) in [6.07, 6.45) is -0.940. The molecule has 0 fully saturated rings. The van der Waals surface area contributed by atoms with Crippen molar-refractivity contribution in [1.82, 2.24) is 4.98 Å². The monoisotopic (exact) mass is 363 g/mol. The van der Waals surface area contributed by atoms with Gasteiger partial charge in [0.2, 0.25) is 5.91 Å². The first-order chi connectivity index (χ1) is 12.3. The second kappa shape index (κ2) is 12.0. The number of aromatic nitrogens is 1. The number of nitrogens with zero attached hydrogens (tertiary/aromatic N) is 1. The van der Waals surface area contributed by atoms with Crippen LogP contribution in [0.4, 0.5) is 27.8 Å². The summed E-state index contributed by atoms with van der Waals surface area (Å²) in [5.74, 6) is -0.366. The first-order valence-corrected chi connectivity index (χ1v) is 7.73. The zero-order chi connectivity index (χ0) is 20.1. The third-order valence-electron chi connectivity index (χ3n) is 2.50. The number of anilines is 4. The lowest BCUT2D eigenvalue weighted by molar-refractivity contribution is -0.114. The number of nitrogens with two attached hydrogens (primary N) is 3. The predicted octanol–water partition coefficient (Wildman–Crippen LogP) is 2.64. The number of rotatable bonds is 2. The zero-order valence-electron chi connectivity index (χ0n) is 15.3. The van der Waals surface area contributed by atoms with E-state index in [-0.39, 0.29) is 29.0 Å². The van der Waals surface area contributed by atoms with E-state index in [1.807, 2.05) is 44.2 Å². The summed E-state index contributed by atoms with van der Waals surface area (Å²) in [4.78, 5) is 25.5. The number of hydrogen-bond donors (Lipinski definition) is 4. The van der Waals surface area contributed by atoms with Crippen LogP contribution >= 0.6 is 0 Å². The number of benzene rings is 1. The molecule has 0 atom stereocenters. The fourth-order valence-corrected chi connectivity index (χ4v) is 1.46. The van der Waals surface area contributed by atoms with Gasteiger partial charge in [-0.1, -0.05) is 32.0 Å². The smallest absolute Gasteiger partial charge is 0.437 e. The van der Waals surface area contributed by atoms with E-state index >= 15 is 0 Å². The summed E-state index contributed by atoms with van der Waals surface area (Å²) in [6.45, 7) is 5.30. The quantitative estimate of drug-likeness (QED) is 0.468. The molecular weight excluding hydrogens is 338 g/mol. The minimum atomic E-state index is -0.940. The zero-order valence-corrected chi connectivity index (χ0v) is 15.3. The predicted molar refractivity (Wildman–Crippen MR) is 103 cm³/mol. The van der Waals surface area contributed by atoms with Crippen molar-refractivity contribution in [2.45, 2.75) is 20.8 Å². The molecule has 1 heterocycles. The molecule has 9 nitrogen and oxygen atoms in total. The summed E-state index contributed by atoms with van der Waals surface area (Å²) in [6, 6.07) is 10.8. The molecule has 2 rings (SSSR count). The fraction of sp³-hybridized carbons (Fsp3) is 0.235. The highest BCUT2D eigenvalue weighted by Crippen LogP contribution is 2.27. The number of pyridine rings is 1. The van der Waals surface area contributed by atoms with Gasteiger partial charge < -0.3 is 32.0 Å². The summed E-state index contributed by atoms with van der Waals surface area (Å²) < 4.78 is 8.98. The highest BCUT2D eigenvalue weighted by Gasteiger charge is 2.13. The van der Waals surface area contributed by atoms with Gasteiger partial charge >= 0.3 is 6.16 Å². The number of carbonyl (C=O) groups excluding carboxylic acids is 2. The average Bonchev–Trinajstić information content (AvgIpc) is 2.61. The highest BCUT2D eigenvalue weighted by atomic mass is 16.7. The molecule has 0 saturated heterocycles. The molecule has 9 heteroatoms. The van der Waals surface area contributed by atoms with Gasteiger partial charge in [-0.3, -0.25) is 4.79 Å². The van der Waals surface area contributed by atoms with Crippen molar-refractivity contribution in [3.8, 4) is 5.75 Å². The summed E-state index contributed by atoms with van der Waals surface area (Å²) >= 11 is 0. The largest absolute Gasteiger partial charge is 0.513 e. The van der Waals surface area contributed by atoms with Gasteiger partial charge in [0.15, 0.2) is 17.4 Å². The third-order valence-corrected chi connectivity index (χ3v) is 2.50. The van der Waals surface area contributed by atoms with Crippen LogP contribution in [0.2, 0.25) is 0 Å². The summed E-state index contributed by atoms with van der Waals surface area (Å²) in [5, 5.41) is 2.38. The normalized spacial score (nSPS) is 8.77. The maximum Gasteiger partial charge on any atom is 0.513 e. The highest BCUT2D eigenvalue weighted by molar-refractivity contribution is 5.91. The van der Waals surface area contributed by atoms with E-state index in [1.165, 1.54) is 13.0 Å². The van der Waals surface area contributed by atoms with Crippen LogP contribution < -0.4 is 27.3 Å². The van der Waals surface area contributed by atoms with E-state index < -0.39 is 6.16 Å². The molecule has 0 aliphatic rings. The third kappa shape index (κ3) is 8.39. The van der Waals surface area contributed by atoms with E-state index in [0.717, 1.165) is 12.8 Å². The van der Waals surface area contributed by atoms with E-state index in [1.54, 1.807) is 0 Å². The van der Waals surface area contributed by atoms with Crippen LogP contribution in [0.5, 0.6) is 5.75 Å². The standard InChI is InChI=1S/C9H12N4O4.C6H7N.C2H6/c1-4(14)12-8-5(10)3-6(7(11)13-8)17-9(15)16-2;7-6-4-2-1-3-5-6;1-2/h3H,10H2,1-2H3,(H3,11,12,13,14);1-5H,7H2;1-2H3. The van der Waals surface area contributed by atoms with Gasteiger partial charge in [0.25, 0.3) is 0 Å². The molecule has 0 bridgehead atoms. The van der Waals surface area contributed by atoms with Crippen LogP contribution in [-0.4, -0.2) is 24.2 Å². The maximum atomic E-state index is 10.9. The minimum absolute atomic E-state index is 0.0385. The van der Waals surface area contributed by atoms with E-state index in [9.17, 15) is 9.59 Å². The Hall–Kier alpha value is -3.49. The molecular formula is C17H25N5O4. The van der Waals surface area contributed by atoms with Gasteiger partial charge in [-0.2, -0.15) is 0 Å². The molecule has 1 amide bonds. The summed E-state index contributed by atoms with van der Waals surface area (Å²) in [5.41, 5.74) is 17.4. The molecule has 1 aromatic carbocycles. The van der Waals surface area contributed by atoms with E-state index in [0.29, 0.717) is 0 Å². The van der Waals surface area contributed by atoms with Crippen molar-refractivity contribution in [2.75, 3.05) is 29.6 Å². The molecule has 7 N–H and O–H groups in total. The van der Waals surface area contributed by atoms with Crippen molar-refractivity contribution in [2.24, 2.45) is 0 Å². The maximum absolute atomic E-state index is 10.9. The van der Waals surface area contributed by atoms with Crippen LogP contribution in [0.1, 0.15) is 20.8 Å². The topological polar surface area (TPSA) is 156 Å².